The Labute approximate surface area is 145 Å². The fourth-order valence-corrected chi connectivity index (χ4v) is 3.62. The van der Waals surface area contributed by atoms with Crippen LogP contribution < -0.4 is 10.1 Å². The fraction of sp³-hybridized carbons (Fsp3) is 0.471. The Morgan fingerprint density at radius 2 is 2.33 bits per heavy atom. The van der Waals surface area contributed by atoms with E-state index in [1.807, 2.05) is 19.1 Å². The lowest BCUT2D eigenvalue weighted by Gasteiger charge is -2.26. The quantitative estimate of drug-likeness (QED) is 0.926. The number of benzene rings is 1. The lowest BCUT2D eigenvalue weighted by Crippen LogP contribution is -2.39. The van der Waals surface area contributed by atoms with Gasteiger partial charge in [-0.2, -0.15) is 0 Å². The Kier molecular flexibility index (Phi) is 3.92. The minimum atomic E-state index is -0.223. The summed E-state index contributed by atoms with van der Waals surface area (Å²) in [4.78, 5) is 12.6. The van der Waals surface area contributed by atoms with Crippen molar-refractivity contribution in [3.05, 3.63) is 40.4 Å². The largest absolute Gasteiger partial charge is 0.492 e. The maximum Gasteiger partial charge on any atom is 0.227 e. The molecule has 24 heavy (non-hydrogen) atoms. The van der Waals surface area contributed by atoms with E-state index < -0.39 is 0 Å². The Balaban J connectivity index is 1.45. The molecule has 2 aromatic rings. The number of rotatable bonds is 3. The van der Waals surface area contributed by atoms with Gasteiger partial charge in [-0.3, -0.25) is 4.79 Å². The summed E-state index contributed by atoms with van der Waals surface area (Å²) in [6.07, 6.45) is 2.68. The van der Waals surface area contributed by atoms with E-state index in [0.29, 0.717) is 18.1 Å². The molecule has 0 saturated carbocycles. The topological polar surface area (TPSA) is 69.0 Å². The van der Waals surface area contributed by atoms with Crippen molar-refractivity contribution in [3.63, 3.8) is 0 Å². The van der Waals surface area contributed by atoms with Crippen molar-refractivity contribution in [2.24, 2.45) is 5.92 Å². The number of fused-ring (bicyclic) bond motifs is 2. The van der Waals surface area contributed by atoms with Gasteiger partial charge in [0.2, 0.25) is 5.91 Å². The van der Waals surface area contributed by atoms with Crippen molar-refractivity contribution in [3.8, 4) is 5.75 Å². The molecule has 6 nitrogen and oxygen atoms in total. The average molecular weight is 347 g/mol. The molecule has 0 radical (unpaired) electrons. The Hall–Kier alpha value is -2.08. The molecule has 2 aliphatic rings. The van der Waals surface area contributed by atoms with E-state index in [2.05, 4.69) is 20.1 Å². The van der Waals surface area contributed by atoms with Crippen LogP contribution in [-0.2, 0) is 24.2 Å². The van der Waals surface area contributed by atoms with Crippen LogP contribution in [0.3, 0.4) is 0 Å². The molecule has 1 N–H and O–H groups in total. The van der Waals surface area contributed by atoms with Crippen LogP contribution in [-0.4, -0.2) is 27.3 Å². The molecular weight excluding hydrogens is 328 g/mol. The number of nitrogens with one attached hydrogen (secondary N) is 1. The van der Waals surface area contributed by atoms with Crippen molar-refractivity contribution in [1.82, 2.24) is 20.1 Å². The second-order valence-corrected chi connectivity index (χ2v) is 6.86. The molecule has 4 rings (SSSR count). The third-order valence-corrected chi connectivity index (χ3v) is 4.92. The molecule has 0 fully saturated rings. The first-order valence-electron chi connectivity index (χ1n) is 8.25. The molecule has 0 bridgehead atoms. The molecule has 0 spiro atoms. The van der Waals surface area contributed by atoms with Crippen LogP contribution in [0.5, 0.6) is 5.75 Å². The number of aromatic nitrogens is 3. The number of ether oxygens (including phenoxy) is 1. The molecule has 126 valence electrons. The van der Waals surface area contributed by atoms with Gasteiger partial charge >= 0.3 is 0 Å². The highest BCUT2D eigenvalue weighted by Crippen LogP contribution is 2.30. The zero-order valence-electron chi connectivity index (χ0n) is 13.5. The van der Waals surface area contributed by atoms with Crippen molar-refractivity contribution in [2.75, 3.05) is 6.61 Å². The summed E-state index contributed by atoms with van der Waals surface area (Å²) in [6, 6.07) is 5.35. The minimum absolute atomic E-state index is 0.0246. The lowest BCUT2D eigenvalue weighted by atomic mass is 9.96. The molecule has 1 aromatic carbocycles. The summed E-state index contributed by atoms with van der Waals surface area (Å²) >= 11 is 6.04. The van der Waals surface area contributed by atoms with Gasteiger partial charge in [-0.15, -0.1) is 10.2 Å². The summed E-state index contributed by atoms with van der Waals surface area (Å²) < 4.78 is 7.81. The van der Waals surface area contributed by atoms with Gasteiger partial charge in [0.1, 0.15) is 18.2 Å². The van der Waals surface area contributed by atoms with Gasteiger partial charge in [-0.1, -0.05) is 11.6 Å². The smallest absolute Gasteiger partial charge is 0.227 e. The number of hydrogen-bond acceptors (Lipinski definition) is 4. The maximum atomic E-state index is 12.6. The Morgan fingerprint density at radius 3 is 3.21 bits per heavy atom. The molecule has 7 heteroatoms. The van der Waals surface area contributed by atoms with E-state index in [1.165, 1.54) is 0 Å². The van der Waals surface area contributed by atoms with Gasteiger partial charge in [0, 0.05) is 18.0 Å². The highest BCUT2D eigenvalue weighted by atomic mass is 35.5. The zero-order chi connectivity index (χ0) is 16.7. The monoisotopic (exact) mass is 346 g/mol. The summed E-state index contributed by atoms with van der Waals surface area (Å²) in [6.45, 7) is 3.25. The van der Waals surface area contributed by atoms with Crippen LogP contribution in [0.25, 0.3) is 0 Å². The second kappa shape index (κ2) is 6.09. The number of halogens is 1. The predicted octanol–water partition coefficient (Wildman–Crippen LogP) is 2.31. The summed E-state index contributed by atoms with van der Waals surface area (Å²) in [5.41, 5.74) is 0.977. The van der Waals surface area contributed by atoms with Crippen molar-refractivity contribution >= 4 is 17.5 Å². The van der Waals surface area contributed by atoms with Crippen molar-refractivity contribution < 1.29 is 9.53 Å². The highest BCUT2D eigenvalue weighted by Gasteiger charge is 2.29. The first-order valence-corrected chi connectivity index (χ1v) is 8.63. The fourth-order valence-electron chi connectivity index (χ4n) is 3.42. The molecule has 1 aromatic heterocycles. The van der Waals surface area contributed by atoms with Crippen LogP contribution >= 0.6 is 11.6 Å². The zero-order valence-corrected chi connectivity index (χ0v) is 14.2. The molecule has 1 amide bonds. The van der Waals surface area contributed by atoms with Crippen LogP contribution in [0, 0.1) is 5.92 Å². The Bertz CT molecular complexity index is 789. The first-order chi connectivity index (χ1) is 11.6. The SMILES string of the molecule is C[C@H](NC(=O)[C@@H]1COc2ccc(Cl)cc2C1)c1nnc2n1CCC2. The predicted molar refractivity (Wildman–Crippen MR) is 89.0 cm³/mol. The molecule has 3 heterocycles. The van der Waals surface area contributed by atoms with Crippen LogP contribution in [0.4, 0.5) is 0 Å². The van der Waals surface area contributed by atoms with E-state index in [1.54, 1.807) is 6.07 Å². The maximum absolute atomic E-state index is 12.6. The third-order valence-electron chi connectivity index (χ3n) is 4.68. The van der Waals surface area contributed by atoms with Crippen molar-refractivity contribution in [1.29, 1.82) is 0 Å². The number of carbonyl (C=O) groups is 1. The van der Waals surface area contributed by atoms with Crippen LogP contribution in [0.1, 0.15) is 36.6 Å². The minimum Gasteiger partial charge on any atom is -0.492 e. The normalized spacial score (nSPS) is 20.0. The number of carbonyl (C=O) groups excluding carboxylic acids is 1. The molecule has 0 aliphatic carbocycles. The lowest BCUT2D eigenvalue weighted by molar-refractivity contribution is -0.127. The van der Waals surface area contributed by atoms with E-state index in [-0.39, 0.29) is 17.9 Å². The van der Waals surface area contributed by atoms with E-state index >= 15 is 0 Å². The highest BCUT2D eigenvalue weighted by molar-refractivity contribution is 6.30. The van der Waals surface area contributed by atoms with Crippen molar-refractivity contribution in [2.45, 2.75) is 38.8 Å². The first kappa shape index (κ1) is 15.4. The number of nitrogens with zero attached hydrogens (tertiary/aromatic N) is 3. The second-order valence-electron chi connectivity index (χ2n) is 6.42. The number of hydrogen-bond donors (Lipinski definition) is 1. The summed E-state index contributed by atoms with van der Waals surface area (Å²) in [7, 11) is 0. The molecule has 0 unspecified atom stereocenters. The van der Waals surface area contributed by atoms with Gasteiger partial charge in [0.05, 0.1) is 12.0 Å². The summed E-state index contributed by atoms with van der Waals surface area (Å²) in [5.74, 6) is 2.40. The molecule has 2 atom stereocenters. The van der Waals surface area contributed by atoms with E-state index in [0.717, 1.165) is 42.3 Å². The van der Waals surface area contributed by atoms with Gasteiger partial charge in [-0.25, -0.2) is 0 Å². The van der Waals surface area contributed by atoms with Crippen LogP contribution in [0.15, 0.2) is 18.2 Å². The van der Waals surface area contributed by atoms with E-state index in [9.17, 15) is 4.79 Å². The average Bonchev–Trinajstić information content (AvgIpc) is 3.17. The Morgan fingerprint density at radius 1 is 1.46 bits per heavy atom. The van der Waals surface area contributed by atoms with Gasteiger partial charge in [0.15, 0.2) is 5.82 Å². The van der Waals surface area contributed by atoms with Gasteiger partial charge < -0.3 is 14.6 Å². The molecule has 2 aliphatic heterocycles. The van der Waals surface area contributed by atoms with E-state index in [4.69, 9.17) is 16.3 Å². The number of aryl methyl sites for hydroxylation is 1. The third kappa shape index (κ3) is 2.75. The van der Waals surface area contributed by atoms with Gasteiger partial charge in [-0.05, 0) is 43.5 Å². The molecule has 0 saturated heterocycles. The van der Waals surface area contributed by atoms with Crippen LogP contribution in [0.2, 0.25) is 5.02 Å². The summed E-state index contributed by atoms with van der Waals surface area (Å²) in [5, 5.41) is 12.1. The van der Waals surface area contributed by atoms with Gasteiger partial charge in [0.25, 0.3) is 0 Å². The standard InChI is InChI=1S/C17H19ClN4O2/c1-10(16-21-20-15-3-2-6-22(15)16)19-17(23)12-7-11-8-13(18)4-5-14(11)24-9-12/h4-5,8,10,12H,2-3,6-7,9H2,1H3,(H,19,23)/t10-,12-/m0/s1. The molecular formula is C17H19ClN4O2. The number of amides is 1.